The van der Waals surface area contributed by atoms with Gasteiger partial charge in [0.2, 0.25) is 15.9 Å². The minimum Gasteiger partial charge on any atom is -0.368 e. The molecule has 0 unspecified atom stereocenters. The lowest BCUT2D eigenvalue weighted by atomic mass is 10.1. The average molecular weight is 445 g/mol. The van der Waals surface area contributed by atoms with Gasteiger partial charge in [-0.3, -0.25) is 14.3 Å². The zero-order chi connectivity index (χ0) is 22.8. The lowest BCUT2D eigenvalue weighted by Crippen LogP contribution is -2.49. The highest BCUT2D eigenvalue weighted by molar-refractivity contribution is 7.92. The van der Waals surface area contributed by atoms with E-state index in [9.17, 15) is 18.0 Å². The number of nitrogens with zero attached hydrogens (tertiary/aromatic N) is 2. The summed E-state index contributed by atoms with van der Waals surface area (Å²) in [5, 5.41) is 2.64. The Labute approximate surface area is 183 Å². The second-order valence-electron chi connectivity index (χ2n) is 7.81. The van der Waals surface area contributed by atoms with Crippen LogP contribution in [0.15, 0.2) is 36.4 Å². The van der Waals surface area contributed by atoms with Crippen molar-refractivity contribution in [3.63, 3.8) is 0 Å². The molecular formula is C22H28N4O4S. The zero-order valence-electron chi connectivity index (χ0n) is 18.2. The summed E-state index contributed by atoms with van der Waals surface area (Å²) in [6.07, 6.45) is 1.03. The molecule has 2 aromatic rings. The molecule has 2 aromatic carbocycles. The van der Waals surface area contributed by atoms with Gasteiger partial charge in [-0.25, -0.2) is 8.42 Å². The van der Waals surface area contributed by atoms with Crippen LogP contribution in [0.5, 0.6) is 0 Å². The van der Waals surface area contributed by atoms with Crippen LogP contribution in [0.4, 0.5) is 17.1 Å². The number of piperazine rings is 1. The molecule has 9 heteroatoms. The van der Waals surface area contributed by atoms with E-state index in [0.717, 1.165) is 6.26 Å². The van der Waals surface area contributed by atoms with Crippen LogP contribution in [0, 0.1) is 13.8 Å². The molecule has 166 valence electrons. The first-order chi connectivity index (χ1) is 14.5. The Morgan fingerprint density at radius 2 is 1.68 bits per heavy atom. The van der Waals surface area contributed by atoms with Crippen LogP contribution in [0.3, 0.4) is 0 Å². The van der Waals surface area contributed by atoms with E-state index in [4.69, 9.17) is 0 Å². The molecule has 1 fully saturated rings. The van der Waals surface area contributed by atoms with E-state index in [2.05, 4.69) is 40.9 Å². The Kier molecular flexibility index (Phi) is 6.54. The molecular weight excluding hydrogens is 416 g/mol. The lowest BCUT2D eigenvalue weighted by Gasteiger charge is -2.37. The molecule has 0 aliphatic carbocycles. The number of rotatable bonds is 5. The molecule has 3 rings (SSSR count). The SMILES string of the molecule is CC(=O)Nc1ccc(NS(C)(=O)=O)c(C(=O)N2CCN(c3cccc(C)c3C)CC2)c1. The van der Waals surface area contributed by atoms with Crippen molar-refractivity contribution in [3.05, 3.63) is 53.1 Å². The number of amides is 2. The van der Waals surface area contributed by atoms with Gasteiger partial charge in [0.05, 0.1) is 17.5 Å². The number of nitrogens with one attached hydrogen (secondary N) is 2. The van der Waals surface area contributed by atoms with Gasteiger partial charge in [0.15, 0.2) is 0 Å². The predicted octanol–water partition coefficient (Wildman–Crippen LogP) is 2.60. The predicted molar refractivity (Wildman–Crippen MR) is 123 cm³/mol. The summed E-state index contributed by atoms with van der Waals surface area (Å²) in [5.74, 6) is -0.552. The van der Waals surface area contributed by atoms with Crippen molar-refractivity contribution in [3.8, 4) is 0 Å². The lowest BCUT2D eigenvalue weighted by molar-refractivity contribution is -0.114. The van der Waals surface area contributed by atoms with Crippen LogP contribution < -0.4 is 14.9 Å². The van der Waals surface area contributed by atoms with Gasteiger partial charge in [-0.15, -0.1) is 0 Å². The fourth-order valence-electron chi connectivity index (χ4n) is 3.69. The third-order valence-electron chi connectivity index (χ3n) is 5.35. The normalized spacial score (nSPS) is 14.3. The van der Waals surface area contributed by atoms with Crippen LogP contribution in [0.1, 0.15) is 28.4 Å². The van der Waals surface area contributed by atoms with Crippen LogP contribution in [-0.4, -0.2) is 57.6 Å². The zero-order valence-corrected chi connectivity index (χ0v) is 19.0. The van der Waals surface area contributed by atoms with Crippen molar-refractivity contribution >= 4 is 38.9 Å². The Morgan fingerprint density at radius 1 is 1.00 bits per heavy atom. The van der Waals surface area contributed by atoms with E-state index >= 15 is 0 Å². The number of hydrogen-bond donors (Lipinski definition) is 2. The summed E-state index contributed by atoms with van der Waals surface area (Å²) in [6.45, 7) is 7.92. The molecule has 31 heavy (non-hydrogen) atoms. The summed E-state index contributed by atoms with van der Waals surface area (Å²) in [5.41, 5.74) is 4.45. The van der Waals surface area contributed by atoms with E-state index in [1.54, 1.807) is 11.0 Å². The van der Waals surface area contributed by atoms with Crippen molar-refractivity contribution in [2.75, 3.05) is 47.4 Å². The van der Waals surface area contributed by atoms with Crippen molar-refractivity contribution < 1.29 is 18.0 Å². The summed E-state index contributed by atoms with van der Waals surface area (Å²) in [4.78, 5) is 28.6. The number of sulfonamides is 1. The molecule has 1 saturated heterocycles. The first kappa shape index (κ1) is 22.6. The Hall–Kier alpha value is -3.07. The fraction of sp³-hybridized carbons (Fsp3) is 0.364. The third-order valence-corrected chi connectivity index (χ3v) is 5.94. The van der Waals surface area contributed by atoms with Crippen molar-refractivity contribution in [1.82, 2.24) is 4.90 Å². The Bertz CT molecular complexity index is 1110. The average Bonchev–Trinajstić information content (AvgIpc) is 2.69. The number of benzene rings is 2. The molecule has 8 nitrogen and oxygen atoms in total. The van der Waals surface area contributed by atoms with Crippen LogP contribution in [0.2, 0.25) is 0 Å². The van der Waals surface area contributed by atoms with Gasteiger partial charge in [-0.1, -0.05) is 12.1 Å². The maximum absolute atomic E-state index is 13.3. The minimum absolute atomic E-state index is 0.193. The van der Waals surface area contributed by atoms with Gasteiger partial charge in [0.25, 0.3) is 5.91 Å². The Morgan fingerprint density at radius 3 is 2.29 bits per heavy atom. The maximum atomic E-state index is 13.3. The molecule has 0 spiro atoms. The minimum atomic E-state index is -3.57. The quantitative estimate of drug-likeness (QED) is 0.739. The van der Waals surface area contributed by atoms with Crippen molar-refractivity contribution in [2.45, 2.75) is 20.8 Å². The van der Waals surface area contributed by atoms with Crippen LogP contribution in [0.25, 0.3) is 0 Å². The molecule has 0 saturated carbocycles. The number of hydrogen-bond acceptors (Lipinski definition) is 5. The van der Waals surface area contributed by atoms with E-state index in [-0.39, 0.29) is 23.1 Å². The number of anilines is 3. The standard InChI is InChI=1S/C22H28N4O4S/c1-15-6-5-7-21(16(15)2)25-10-12-26(13-11-25)22(28)19-14-18(23-17(3)27)8-9-20(19)24-31(4,29)30/h5-9,14,24H,10-13H2,1-4H3,(H,23,27). The summed E-state index contributed by atoms with van der Waals surface area (Å²) in [7, 11) is -3.57. The van der Waals surface area contributed by atoms with Gasteiger partial charge in [-0.2, -0.15) is 0 Å². The molecule has 1 heterocycles. The largest absolute Gasteiger partial charge is 0.368 e. The monoisotopic (exact) mass is 444 g/mol. The van der Waals surface area contributed by atoms with E-state index in [1.165, 1.54) is 35.9 Å². The summed E-state index contributed by atoms with van der Waals surface area (Å²) >= 11 is 0. The molecule has 0 bridgehead atoms. The van der Waals surface area contributed by atoms with Gasteiger partial charge in [-0.05, 0) is 49.2 Å². The topological polar surface area (TPSA) is 98.8 Å². The highest BCUT2D eigenvalue weighted by Crippen LogP contribution is 2.26. The van der Waals surface area contributed by atoms with Gasteiger partial charge in [0, 0.05) is 44.5 Å². The van der Waals surface area contributed by atoms with E-state index in [1.807, 2.05) is 6.07 Å². The molecule has 1 aliphatic rings. The third kappa shape index (κ3) is 5.55. The number of carbonyl (C=O) groups excluding carboxylic acids is 2. The van der Waals surface area contributed by atoms with Gasteiger partial charge < -0.3 is 15.1 Å². The first-order valence-electron chi connectivity index (χ1n) is 10.0. The van der Waals surface area contributed by atoms with Crippen molar-refractivity contribution in [1.29, 1.82) is 0 Å². The van der Waals surface area contributed by atoms with E-state index < -0.39 is 10.0 Å². The fourth-order valence-corrected chi connectivity index (χ4v) is 4.27. The molecule has 2 amide bonds. The molecule has 2 N–H and O–H groups in total. The molecule has 0 atom stereocenters. The molecule has 0 radical (unpaired) electrons. The number of aryl methyl sites for hydroxylation is 1. The second-order valence-corrected chi connectivity index (χ2v) is 9.56. The van der Waals surface area contributed by atoms with E-state index in [0.29, 0.717) is 31.9 Å². The van der Waals surface area contributed by atoms with Crippen LogP contribution in [-0.2, 0) is 14.8 Å². The molecule has 0 aromatic heterocycles. The summed E-state index contributed by atoms with van der Waals surface area (Å²) in [6, 6.07) is 10.8. The Balaban J connectivity index is 1.82. The molecule has 1 aliphatic heterocycles. The van der Waals surface area contributed by atoms with Crippen molar-refractivity contribution in [2.24, 2.45) is 0 Å². The smallest absolute Gasteiger partial charge is 0.256 e. The van der Waals surface area contributed by atoms with Gasteiger partial charge >= 0.3 is 0 Å². The van der Waals surface area contributed by atoms with Crippen LogP contribution >= 0.6 is 0 Å². The maximum Gasteiger partial charge on any atom is 0.256 e. The first-order valence-corrected chi connectivity index (χ1v) is 11.9. The highest BCUT2D eigenvalue weighted by atomic mass is 32.2. The highest BCUT2D eigenvalue weighted by Gasteiger charge is 2.26. The summed E-state index contributed by atoms with van der Waals surface area (Å²) < 4.78 is 25.9. The van der Waals surface area contributed by atoms with Gasteiger partial charge in [0.1, 0.15) is 0 Å². The second kappa shape index (κ2) is 8.97. The number of carbonyl (C=O) groups is 2.